The maximum atomic E-state index is 12.8. The van der Waals surface area contributed by atoms with Gasteiger partial charge in [0.05, 0.1) is 30.3 Å². The molecule has 0 unspecified atom stereocenters. The monoisotopic (exact) mass is 388 g/mol. The Labute approximate surface area is 167 Å². The van der Waals surface area contributed by atoms with E-state index in [1.807, 2.05) is 61.5 Å². The van der Waals surface area contributed by atoms with E-state index in [1.54, 1.807) is 18.0 Å². The number of hydrogen-bond acceptors (Lipinski definition) is 5. The van der Waals surface area contributed by atoms with Crippen LogP contribution < -0.4 is 10.1 Å². The minimum atomic E-state index is -0.302. The summed E-state index contributed by atoms with van der Waals surface area (Å²) in [7, 11) is 1.61. The molecule has 8 nitrogen and oxygen atoms in total. The Hall–Kier alpha value is -3.94. The Kier molecular flexibility index (Phi) is 5.07. The molecule has 0 aliphatic carbocycles. The number of amides is 1. The van der Waals surface area contributed by atoms with E-state index >= 15 is 0 Å². The number of rotatable bonds is 6. The van der Waals surface area contributed by atoms with Gasteiger partial charge >= 0.3 is 0 Å². The van der Waals surface area contributed by atoms with Crippen molar-refractivity contribution in [1.82, 2.24) is 25.0 Å². The van der Waals surface area contributed by atoms with Crippen LogP contribution in [0.4, 0.5) is 5.95 Å². The molecule has 2 N–H and O–H groups in total. The van der Waals surface area contributed by atoms with Gasteiger partial charge in [0.2, 0.25) is 5.95 Å². The highest BCUT2D eigenvalue weighted by Gasteiger charge is 2.19. The van der Waals surface area contributed by atoms with Gasteiger partial charge in [0, 0.05) is 5.56 Å². The van der Waals surface area contributed by atoms with E-state index in [2.05, 4.69) is 25.6 Å². The maximum Gasteiger partial charge on any atom is 0.261 e. The molecule has 0 spiro atoms. The molecule has 4 aromatic rings. The number of H-pyrrole nitrogens is 1. The average molecular weight is 388 g/mol. The first kappa shape index (κ1) is 18.4. The maximum absolute atomic E-state index is 12.8. The zero-order valence-corrected chi connectivity index (χ0v) is 16.1. The van der Waals surface area contributed by atoms with Crippen molar-refractivity contribution < 1.29 is 9.53 Å². The topological polar surface area (TPSA) is 97.7 Å². The van der Waals surface area contributed by atoms with Crippen LogP contribution in [0.5, 0.6) is 5.75 Å². The summed E-state index contributed by atoms with van der Waals surface area (Å²) in [5, 5.41) is 14.1. The number of aromatic amines is 1. The number of anilines is 1. The highest BCUT2D eigenvalue weighted by atomic mass is 16.5. The standard InChI is InChI=1S/C21H20N6O2/c1-3-18-17(13-22-27(18)15-7-5-4-6-8-15)20(28)24-21-23-19(25-26-21)14-9-11-16(29-2)12-10-14/h4-13H,3H2,1-2H3,(H2,23,24,25,26,28). The molecule has 4 rings (SSSR count). The third-order valence-electron chi connectivity index (χ3n) is 4.52. The van der Waals surface area contributed by atoms with Crippen molar-refractivity contribution >= 4 is 11.9 Å². The van der Waals surface area contributed by atoms with Crippen LogP contribution in [0.2, 0.25) is 0 Å². The lowest BCUT2D eigenvalue weighted by Crippen LogP contribution is -2.15. The van der Waals surface area contributed by atoms with Crippen LogP contribution in [0, 0.1) is 0 Å². The van der Waals surface area contributed by atoms with Crippen LogP contribution in [-0.4, -0.2) is 38.0 Å². The van der Waals surface area contributed by atoms with Gasteiger partial charge in [-0.05, 0) is 42.8 Å². The van der Waals surface area contributed by atoms with Crippen molar-refractivity contribution in [2.75, 3.05) is 12.4 Å². The molecule has 29 heavy (non-hydrogen) atoms. The number of methoxy groups -OCH3 is 1. The van der Waals surface area contributed by atoms with Gasteiger partial charge in [0.15, 0.2) is 5.82 Å². The molecule has 0 saturated heterocycles. The number of nitrogens with one attached hydrogen (secondary N) is 2. The van der Waals surface area contributed by atoms with Gasteiger partial charge in [0.25, 0.3) is 5.91 Å². The predicted octanol–water partition coefficient (Wildman–Crippen LogP) is 3.48. The van der Waals surface area contributed by atoms with Gasteiger partial charge in [-0.3, -0.25) is 15.2 Å². The Bertz CT molecular complexity index is 1120. The molecular formula is C21H20N6O2. The van der Waals surface area contributed by atoms with Crippen LogP contribution in [0.3, 0.4) is 0 Å². The van der Waals surface area contributed by atoms with Crippen LogP contribution in [0.1, 0.15) is 23.0 Å². The van der Waals surface area contributed by atoms with E-state index < -0.39 is 0 Å². The number of carbonyl (C=O) groups excluding carboxylic acids is 1. The summed E-state index contributed by atoms with van der Waals surface area (Å²) >= 11 is 0. The van der Waals surface area contributed by atoms with Crippen molar-refractivity contribution in [3.8, 4) is 22.8 Å². The largest absolute Gasteiger partial charge is 0.497 e. The van der Waals surface area contributed by atoms with Crippen molar-refractivity contribution in [2.24, 2.45) is 0 Å². The second kappa shape index (κ2) is 7.97. The predicted molar refractivity (Wildman–Crippen MR) is 109 cm³/mol. The molecule has 0 atom stereocenters. The first-order valence-corrected chi connectivity index (χ1v) is 9.20. The van der Waals surface area contributed by atoms with Crippen LogP contribution in [0.15, 0.2) is 60.8 Å². The summed E-state index contributed by atoms with van der Waals surface area (Å²) in [5.74, 6) is 1.21. The summed E-state index contributed by atoms with van der Waals surface area (Å²) < 4.78 is 6.93. The molecule has 0 bridgehead atoms. The molecule has 0 aliphatic heterocycles. The Morgan fingerprint density at radius 2 is 1.90 bits per heavy atom. The third kappa shape index (κ3) is 3.73. The molecule has 0 fully saturated rings. The lowest BCUT2D eigenvalue weighted by Gasteiger charge is -2.07. The number of benzene rings is 2. The van der Waals surface area contributed by atoms with Crippen LogP contribution >= 0.6 is 0 Å². The lowest BCUT2D eigenvalue weighted by atomic mass is 10.2. The number of hydrogen-bond donors (Lipinski definition) is 2. The van der Waals surface area contributed by atoms with Crippen LogP contribution in [0.25, 0.3) is 17.1 Å². The highest BCUT2D eigenvalue weighted by molar-refractivity contribution is 6.04. The number of carbonyl (C=O) groups is 1. The summed E-state index contributed by atoms with van der Waals surface area (Å²) in [5.41, 5.74) is 3.06. The Morgan fingerprint density at radius 3 is 2.59 bits per heavy atom. The average Bonchev–Trinajstić information content (AvgIpc) is 3.41. The number of para-hydroxylation sites is 1. The van der Waals surface area contributed by atoms with Crippen molar-refractivity contribution in [1.29, 1.82) is 0 Å². The molecule has 8 heteroatoms. The first-order chi connectivity index (χ1) is 14.2. The van der Waals surface area contributed by atoms with E-state index in [4.69, 9.17) is 4.74 Å². The summed E-state index contributed by atoms with van der Waals surface area (Å²) in [4.78, 5) is 17.1. The fourth-order valence-electron chi connectivity index (χ4n) is 3.06. The van der Waals surface area contributed by atoms with Gasteiger partial charge in [-0.2, -0.15) is 10.1 Å². The second-order valence-electron chi connectivity index (χ2n) is 6.30. The minimum Gasteiger partial charge on any atom is -0.497 e. The molecule has 2 aromatic carbocycles. The van der Waals surface area contributed by atoms with E-state index in [1.165, 1.54) is 0 Å². The van der Waals surface area contributed by atoms with Gasteiger partial charge in [-0.1, -0.05) is 25.1 Å². The minimum absolute atomic E-state index is 0.204. The Morgan fingerprint density at radius 1 is 1.14 bits per heavy atom. The first-order valence-electron chi connectivity index (χ1n) is 9.20. The molecule has 0 aliphatic rings. The molecule has 2 aromatic heterocycles. The molecule has 1 amide bonds. The third-order valence-corrected chi connectivity index (χ3v) is 4.52. The van der Waals surface area contributed by atoms with Crippen molar-refractivity contribution in [2.45, 2.75) is 13.3 Å². The van der Waals surface area contributed by atoms with E-state index in [0.717, 1.165) is 22.7 Å². The Balaban J connectivity index is 1.54. The van der Waals surface area contributed by atoms with E-state index in [-0.39, 0.29) is 11.9 Å². The summed E-state index contributed by atoms with van der Waals surface area (Å²) in [6.07, 6.45) is 2.22. The molecule has 146 valence electrons. The fraction of sp³-hybridized carbons (Fsp3) is 0.143. The second-order valence-corrected chi connectivity index (χ2v) is 6.30. The van der Waals surface area contributed by atoms with Gasteiger partial charge < -0.3 is 4.74 Å². The molecule has 2 heterocycles. The van der Waals surface area contributed by atoms with Crippen LogP contribution in [-0.2, 0) is 6.42 Å². The van der Waals surface area contributed by atoms with Gasteiger partial charge in [-0.25, -0.2) is 4.68 Å². The molecular weight excluding hydrogens is 368 g/mol. The summed E-state index contributed by atoms with van der Waals surface area (Å²) in [6, 6.07) is 17.1. The van der Waals surface area contributed by atoms with Gasteiger partial charge in [-0.15, -0.1) is 5.10 Å². The molecule has 0 radical (unpaired) electrons. The summed E-state index contributed by atoms with van der Waals surface area (Å²) in [6.45, 7) is 1.99. The van der Waals surface area contributed by atoms with E-state index in [9.17, 15) is 4.79 Å². The zero-order chi connectivity index (χ0) is 20.2. The van der Waals surface area contributed by atoms with Gasteiger partial charge in [0.1, 0.15) is 5.75 Å². The highest BCUT2D eigenvalue weighted by Crippen LogP contribution is 2.21. The van der Waals surface area contributed by atoms with Crippen molar-refractivity contribution in [3.05, 3.63) is 72.1 Å². The lowest BCUT2D eigenvalue weighted by molar-refractivity contribution is 0.102. The molecule has 0 saturated carbocycles. The number of aromatic nitrogens is 5. The smallest absolute Gasteiger partial charge is 0.261 e. The fourth-order valence-corrected chi connectivity index (χ4v) is 3.06. The number of nitrogens with zero attached hydrogens (tertiary/aromatic N) is 4. The number of ether oxygens (including phenoxy) is 1. The van der Waals surface area contributed by atoms with E-state index in [0.29, 0.717) is 17.8 Å². The zero-order valence-electron chi connectivity index (χ0n) is 16.1. The quantitative estimate of drug-likeness (QED) is 0.527. The van der Waals surface area contributed by atoms with Crippen molar-refractivity contribution in [3.63, 3.8) is 0 Å². The SMILES string of the molecule is CCc1c(C(=O)Nc2n[nH]c(-c3ccc(OC)cc3)n2)cnn1-c1ccccc1. The normalized spacial score (nSPS) is 10.7.